The number of allylic oxidation sites excluding steroid dienone is 5. The Morgan fingerprint density at radius 3 is 1.14 bits per heavy atom. The molecule has 2 saturated heterocycles. The van der Waals surface area contributed by atoms with E-state index in [4.69, 9.17) is 18.9 Å². The Labute approximate surface area is 519 Å². The molecule has 85 heavy (non-hydrogen) atoms. The van der Waals surface area contributed by atoms with Gasteiger partial charge in [-0.2, -0.15) is 0 Å². The molecule has 0 bridgehead atoms. The lowest BCUT2D eigenvalue weighted by Crippen LogP contribution is -2.65. The van der Waals surface area contributed by atoms with Crippen LogP contribution in [0.25, 0.3) is 0 Å². The van der Waals surface area contributed by atoms with Gasteiger partial charge in [0.2, 0.25) is 5.91 Å². The highest BCUT2D eigenvalue weighted by Gasteiger charge is 2.51. The van der Waals surface area contributed by atoms with Crippen molar-refractivity contribution in [3.05, 3.63) is 36.5 Å². The fourth-order valence-corrected chi connectivity index (χ4v) is 11.9. The minimum Gasteiger partial charge on any atom is -0.394 e. The van der Waals surface area contributed by atoms with E-state index < -0.39 is 86.8 Å². The summed E-state index contributed by atoms with van der Waals surface area (Å²) in [7, 11) is 0. The number of amides is 1. The molecule has 0 aliphatic carbocycles. The third-order valence-corrected chi connectivity index (χ3v) is 17.6. The van der Waals surface area contributed by atoms with Gasteiger partial charge in [0, 0.05) is 6.42 Å². The second-order valence-corrected chi connectivity index (χ2v) is 25.3. The van der Waals surface area contributed by atoms with Crippen LogP contribution in [-0.4, -0.2) is 140 Å². The topological polar surface area (TPSA) is 228 Å². The summed E-state index contributed by atoms with van der Waals surface area (Å²) in [5, 5.41) is 86.9. The number of aliphatic hydroxyl groups is 8. The lowest BCUT2D eigenvalue weighted by Gasteiger charge is -2.46. The molecule has 9 N–H and O–H groups in total. The molecule has 12 unspecified atom stereocenters. The molecule has 0 radical (unpaired) electrons. The third kappa shape index (κ3) is 40.5. The van der Waals surface area contributed by atoms with Gasteiger partial charge in [0.15, 0.2) is 12.6 Å². The molecule has 1 amide bonds. The van der Waals surface area contributed by atoms with Crippen molar-refractivity contribution in [2.45, 2.75) is 389 Å². The maximum Gasteiger partial charge on any atom is 0.220 e. The molecule has 0 aromatic rings. The minimum atomic E-state index is -1.79. The summed E-state index contributed by atoms with van der Waals surface area (Å²) in [5.74, 6) is -0.251. The quantitative estimate of drug-likeness (QED) is 0.0204. The van der Waals surface area contributed by atoms with Crippen LogP contribution < -0.4 is 5.32 Å². The first-order valence-corrected chi connectivity index (χ1v) is 35.7. The van der Waals surface area contributed by atoms with Crippen molar-refractivity contribution in [2.75, 3.05) is 19.8 Å². The van der Waals surface area contributed by atoms with E-state index >= 15 is 0 Å². The van der Waals surface area contributed by atoms with E-state index in [0.29, 0.717) is 12.8 Å². The van der Waals surface area contributed by atoms with E-state index in [1.54, 1.807) is 6.08 Å². The van der Waals surface area contributed by atoms with Crippen molar-refractivity contribution >= 4 is 5.91 Å². The molecular formula is C71H133NO13. The van der Waals surface area contributed by atoms with Crippen LogP contribution in [-0.2, 0) is 23.7 Å². The average Bonchev–Trinajstić information content (AvgIpc) is 3.25. The Hall–Kier alpha value is -1.79. The monoisotopic (exact) mass is 1210 g/mol. The molecule has 2 aliphatic heterocycles. The van der Waals surface area contributed by atoms with Gasteiger partial charge < -0.3 is 65.1 Å². The average molecular weight is 1210 g/mol. The largest absolute Gasteiger partial charge is 0.394 e. The van der Waals surface area contributed by atoms with Crippen LogP contribution in [0.5, 0.6) is 0 Å². The number of aliphatic hydroxyl groups excluding tert-OH is 8. The van der Waals surface area contributed by atoms with Crippen LogP contribution >= 0.6 is 0 Å². The van der Waals surface area contributed by atoms with Gasteiger partial charge in [0.1, 0.15) is 48.8 Å². The van der Waals surface area contributed by atoms with E-state index in [2.05, 4.69) is 43.5 Å². The number of hydrogen-bond donors (Lipinski definition) is 9. The van der Waals surface area contributed by atoms with E-state index in [0.717, 1.165) is 44.9 Å². The Balaban J connectivity index is 1.49. The molecule has 2 fully saturated rings. The van der Waals surface area contributed by atoms with Crippen LogP contribution in [0.2, 0.25) is 0 Å². The second-order valence-electron chi connectivity index (χ2n) is 25.3. The molecule has 0 aromatic carbocycles. The van der Waals surface area contributed by atoms with E-state index in [1.165, 1.54) is 238 Å². The molecule has 0 spiro atoms. The second kappa shape index (κ2) is 56.2. The van der Waals surface area contributed by atoms with Crippen molar-refractivity contribution in [1.29, 1.82) is 0 Å². The first-order chi connectivity index (χ1) is 41.6. The van der Waals surface area contributed by atoms with Crippen LogP contribution in [0.4, 0.5) is 0 Å². The van der Waals surface area contributed by atoms with Gasteiger partial charge in [-0.25, -0.2) is 0 Å². The summed E-state index contributed by atoms with van der Waals surface area (Å²) < 4.78 is 22.7. The SMILES string of the molecule is CC/C=C/CC/C=C/CC/C=C/C(O)C(COC1OC(CO)C(OC2OC(CO)C(O)C(O)C2O)C(O)C1O)NC(=O)CCCCCCCCCCCCCCCCCCCCCCCCCCCCCCCCCCCCCCCCCCC. The van der Waals surface area contributed by atoms with Gasteiger partial charge >= 0.3 is 0 Å². The number of unbranched alkanes of at least 4 members (excludes halogenated alkanes) is 42. The van der Waals surface area contributed by atoms with Crippen molar-refractivity contribution in [3.63, 3.8) is 0 Å². The lowest BCUT2D eigenvalue weighted by molar-refractivity contribution is -0.359. The Kier molecular flexibility index (Phi) is 52.4. The highest BCUT2D eigenvalue weighted by Crippen LogP contribution is 2.30. The van der Waals surface area contributed by atoms with E-state index in [9.17, 15) is 45.6 Å². The Morgan fingerprint density at radius 1 is 0.424 bits per heavy atom. The number of hydrogen-bond acceptors (Lipinski definition) is 13. The van der Waals surface area contributed by atoms with Gasteiger partial charge in [0.25, 0.3) is 0 Å². The zero-order chi connectivity index (χ0) is 61.6. The van der Waals surface area contributed by atoms with Gasteiger partial charge in [0.05, 0.1) is 32.0 Å². The fourth-order valence-electron chi connectivity index (χ4n) is 11.9. The number of rotatable bonds is 59. The third-order valence-electron chi connectivity index (χ3n) is 17.6. The van der Waals surface area contributed by atoms with Crippen LogP contribution in [0.3, 0.4) is 0 Å². The van der Waals surface area contributed by atoms with Crippen molar-refractivity contribution in [1.82, 2.24) is 5.32 Å². The molecule has 12 atom stereocenters. The lowest BCUT2D eigenvalue weighted by atomic mass is 9.97. The van der Waals surface area contributed by atoms with Crippen molar-refractivity contribution in [2.24, 2.45) is 0 Å². The van der Waals surface area contributed by atoms with E-state index in [1.807, 2.05) is 6.08 Å². The minimum absolute atomic E-state index is 0.251. The highest BCUT2D eigenvalue weighted by molar-refractivity contribution is 5.76. The van der Waals surface area contributed by atoms with Crippen molar-refractivity contribution in [3.8, 4) is 0 Å². The normalized spacial score (nSPS) is 23.7. The van der Waals surface area contributed by atoms with Gasteiger partial charge in [-0.15, -0.1) is 0 Å². The predicted octanol–water partition coefficient (Wildman–Crippen LogP) is 14.5. The standard InChI is InChI=1S/C71H133NO13/c1-3-5-7-9-11-13-15-16-17-18-19-20-21-22-23-24-25-26-27-28-29-30-31-32-33-34-35-36-37-38-39-40-41-42-43-44-45-47-49-51-53-55-63(76)72-59(60(75)54-52-50-48-46-14-12-10-8-6-4-2)58-82-70-68(81)66(79)69(62(57-74)84-70)85-71-67(80)65(78)64(77)61(56-73)83-71/h6,8,14,46,52,54,59-62,64-71,73-75,77-81H,3-5,7,9-13,15-45,47-51,53,55-58H2,1-2H3,(H,72,76)/b8-6+,46-14+,54-52+. The summed E-state index contributed by atoms with van der Waals surface area (Å²) in [6.45, 7) is 2.67. The number of carbonyl (C=O) groups is 1. The summed E-state index contributed by atoms with van der Waals surface area (Å²) in [4.78, 5) is 13.2. The zero-order valence-electron chi connectivity index (χ0n) is 54.4. The van der Waals surface area contributed by atoms with E-state index in [-0.39, 0.29) is 18.9 Å². The maximum atomic E-state index is 13.2. The van der Waals surface area contributed by atoms with Gasteiger partial charge in [-0.1, -0.05) is 307 Å². The smallest absolute Gasteiger partial charge is 0.220 e. The number of ether oxygens (including phenoxy) is 4. The molecule has 2 rings (SSSR count). The molecular weight excluding hydrogens is 1070 g/mol. The molecule has 0 aromatic heterocycles. The first kappa shape index (κ1) is 79.3. The van der Waals surface area contributed by atoms with Crippen LogP contribution in [0, 0.1) is 0 Å². The van der Waals surface area contributed by atoms with Crippen LogP contribution in [0.15, 0.2) is 36.5 Å². The van der Waals surface area contributed by atoms with Crippen molar-refractivity contribution < 1.29 is 64.6 Å². The molecule has 14 heteroatoms. The predicted molar refractivity (Wildman–Crippen MR) is 346 cm³/mol. The Bertz CT molecular complexity index is 1560. The molecule has 14 nitrogen and oxygen atoms in total. The fraction of sp³-hybridized carbons (Fsp3) is 0.901. The van der Waals surface area contributed by atoms with Crippen LogP contribution in [0.1, 0.15) is 316 Å². The van der Waals surface area contributed by atoms with Gasteiger partial charge in [-0.05, 0) is 38.5 Å². The molecule has 500 valence electrons. The molecule has 2 heterocycles. The summed E-state index contributed by atoms with van der Waals surface area (Å²) >= 11 is 0. The molecule has 0 saturated carbocycles. The zero-order valence-corrected chi connectivity index (χ0v) is 54.4. The first-order valence-electron chi connectivity index (χ1n) is 35.7. The number of nitrogens with one attached hydrogen (secondary N) is 1. The summed E-state index contributed by atoms with van der Waals surface area (Å²) in [5.41, 5.74) is 0. The maximum absolute atomic E-state index is 13.2. The summed E-state index contributed by atoms with van der Waals surface area (Å²) in [6.07, 6.45) is 55.8. The Morgan fingerprint density at radius 2 is 0.765 bits per heavy atom. The number of carbonyl (C=O) groups excluding carboxylic acids is 1. The molecule has 2 aliphatic rings. The summed E-state index contributed by atoms with van der Waals surface area (Å²) in [6, 6.07) is -0.934. The van der Waals surface area contributed by atoms with Gasteiger partial charge in [-0.3, -0.25) is 4.79 Å². The highest BCUT2D eigenvalue weighted by atomic mass is 16.7.